The summed E-state index contributed by atoms with van der Waals surface area (Å²) in [5, 5.41) is 3.16. The van der Waals surface area contributed by atoms with E-state index in [0.717, 1.165) is 17.2 Å². The van der Waals surface area contributed by atoms with Crippen LogP contribution in [0.25, 0.3) is 28.1 Å². The Hall–Kier alpha value is -4.38. The SMILES string of the molecule is C=Nc1ccc(-c2ccc(OC)nc2)cc1-c1c(C)n(C)c(=O)n1-c1ccc(N2CCNCC2)c(C(F)(F)F)c1. The van der Waals surface area contributed by atoms with Crippen molar-refractivity contribution < 1.29 is 17.9 Å². The third-order valence-electron chi connectivity index (χ3n) is 7.25. The zero-order valence-electron chi connectivity index (χ0n) is 22.4. The molecule has 5 rings (SSSR count). The molecule has 208 valence electrons. The molecule has 4 aromatic rings. The molecule has 40 heavy (non-hydrogen) atoms. The van der Waals surface area contributed by atoms with Gasteiger partial charge in [0, 0.05) is 68.0 Å². The Morgan fingerprint density at radius 2 is 1.77 bits per heavy atom. The van der Waals surface area contributed by atoms with E-state index in [-0.39, 0.29) is 11.4 Å². The fraction of sp³-hybridized carbons (Fsp3) is 0.276. The molecule has 0 radical (unpaired) electrons. The Morgan fingerprint density at radius 1 is 1.05 bits per heavy atom. The van der Waals surface area contributed by atoms with Crippen molar-refractivity contribution in [2.45, 2.75) is 13.1 Å². The quantitative estimate of drug-likeness (QED) is 0.343. The summed E-state index contributed by atoms with van der Waals surface area (Å²) in [5.74, 6) is 0.464. The molecule has 0 amide bonds. The molecule has 0 atom stereocenters. The number of alkyl halides is 3. The zero-order chi connectivity index (χ0) is 28.6. The normalized spacial score (nSPS) is 13.9. The molecule has 11 heteroatoms. The fourth-order valence-corrected chi connectivity index (χ4v) is 5.05. The number of hydrogen-bond acceptors (Lipinski definition) is 6. The molecule has 1 saturated heterocycles. The number of nitrogens with zero attached hydrogens (tertiary/aromatic N) is 5. The Bertz CT molecular complexity index is 1620. The van der Waals surface area contributed by atoms with Gasteiger partial charge in [-0.1, -0.05) is 6.07 Å². The van der Waals surface area contributed by atoms with Crippen LogP contribution in [0.15, 0.2) is 64.5 Å². The third-order valence-corrected chi connectivity index (χ3v) is 7.25. The average molecular weight is 551 g/mol. The van der Waals surface area contributed by atoms with Crippen molar-refractivity contribution in [3.05, 3.63) is 76.5 Å². The molecule has 1 aliphatic heterocycles. The number of piperazine rings is 1. The highest BCUT2D eigenvalue weighted by atomic mass is 19.4. The van der Waals surface area contributed by atoms with Crippen LogP contribution in [-0.4, -0.2) is 54.1 Å². The van der Waals surface area contributed by atoms with E-state index in [2.05, 4.69) is 22.0 Å². The lowest BCUT2D eigenvalue weighted by Gasteiger charge is -2.31. The van der Waals surface area contributed by atoms with Crippen LogP contribution in [0.2, 0.25) is 0 Å². The van der Waals surface area contributed by atoms with Crippen LogP contribution in [-0.2, 0) is 13.2 Å². The van der Waals surface area contributed by atoms with Crippen molar-refractivity contribution >= 4 is 18.1 Å². The van der Waals surface area contributed by atoms with Crippen molar-refractivity contribution in [2.24, 2.45) is 12.0 Å². The predicted octanol–water partition coefficient (Wildman–Crippen LogP) is 4.98. The highest BCUT2D eigenvalue weighted by Gasteiger charge is 2.36. The summed E-state index contributed by atoms with van der Waals surface area (Å²) in [6.07, 6.45) is -2.95. The number of methoxy groups -OCH3 is 1. The minimum atomic E-state index is -4.61. The van der Waals surface area contributed by atoms with E-state index in [1.165, 1.54) is 22.3 Å². The molecule has 0 bridgehead atoms. The van der Waals surface area contributed by atoms with Gasteiger partial charge in [-0.15, -0.1) is 0 Å². The second-order valence-corrected chi connectivity index (χ2v) is 9.53. The number of benzene rings is 2. The molecule has 8 nitrogen and oxygen atoms in total. The number of imidazole rings is 1. The molecule has 1 fully saturated rings. The molecule has 1 N–H and O–H groups in total. The largest absolute Gasteiger partial charge is 0.481 e. The van der Waals surface area contributed by atoms with Crippen LogP contribution < -0.4 is 20.6 Å². The van der Waals surface area contributed by atoms with Gasteiger partial charge in [0.25, 0.3) is 0 Å². The van der Waals surface area contributed by atoms with E-state index in [1.54, 1.807) is 43.3 Å². The van der Waals surface area contributed by atoms with Crippen LogP contribution in [0.3, 0.4) is 0 Å². The minimum absolute atomic E-state index is 0.0995. The number of rotatable bonds is 6. The van der Waals surface area contributed by atoms with E-state index in [1.807, 2.05) is 18.2 Å². The van der Waals surface area contributed by atoms with Gasteiger partial charge in [-0.25, -0.2) is 9.78 Å². The maximum atomic E-state index is 14.3. The van der Waals surface area contributed by atoms with Crippen molar-refractivity contribution in [2.75, 3.05) is 38.2 Å². The molecular weight excluding hydrogens is 521 g/mol. The number of nitrogens with one attached hydrogen (secondary N) is 1. The van der Waals surface area contributed by atoms with Crippen LogP contribution in [0.1, 0.15) is 11.3 Å². The third kappa shape index (κ3) is 4.88. The number of halogens is 3. The molecule has 3 heterocycles. The number of aromatic nitrogens is 3. The molecule has 0 saturated carbocycles. The van der Waals surface area contributed by atoms with Crippen LogP contribution in [0.4, 0.5) is 24.5 Å². The van der Waals surface area contributed by atoms with Gasteiger partial charge in [0.2, 0.25) is 5.88 Å². The standard InChI is InChI=1S/C29H29F3N6O2/c1-18-27(22-15-19(5-8-24(22)33-2)20-6-10-26(40-4)35-17-20)38(28(39)36(18)3)21-7-9-25(23(16-21)29(30,31)32)37-13-11-34-12-14-37/h5-10,15-17,34H,2,11-14H2,1,3-4H3. The number of ether oxygens (including phenoxy) is 1. The summed E-state index contributed by atoms with van der Waals surface area (Å²) in [7, 11) is 3.12. The number of anilines is 1. The molecule has 2 aromatic heterocycles. The van der Waals surface area contributed by atoms with Gasteiger partial charge < -0.3 is 15.0 Å². The van der Waals surface area contributed by atoms with Crippen LogP contribution >= 0.6 is 0 Å². The monoisotopic (exact) mass is 550 g/mol. The van der Waals surface area contributed by atoms with Crippen molar-refractivity contribution in [1.29, 1.82) is 0 Å². The molecule has 0 aliphatic carbocycles. The topological polar surface area (TPSA) is 76.7 Å². The Balaban J connectivity index is 1.71. The Kier molecular flexibility index (Phi) is 7.24. The van der Waals surface area contributed by atoms with Gasteiger partial charge in [-0.3, -0.25) is 14.1 Å². The fourth-order valence-electron chi connectivity index (χ4n) is 5.05. The smallest absolute Gasteiger partial charge is 0.418 e. The van der Waals surface area contributed by atoms with Gasteiger partial charge >= 0.3 is 11.9 Å². The van der Waals surface area contributed by atoms with Crippen molar-refractivity contribution in [1.82, 2.24) is 19.4 Å². The Labute approximate surface area is 229 Å². The first kappa shape index (κ1) is 27.2. The maximum Gasteiger partial charge on any atom is 0.418 e. The van der Waals surface area contributed by atoms with E-state index in [0.29, 0.717) is 54.7 Å². The van der Waals surface area contributed by atoms with Crippen molar-refractivity contribution in [3.63, 3.8) is 0 Å². The molecule has 0 spiro atoms. The predicted molar refractivity (Wildman–Crippen MR) is 150 cm³/mol. The molecule has 1 aliphatic rings. The summed E-state index contributed by atoms with van der Waals surface area (Å²) >= 11 is 0. The average Bonchev–Trinajstić information content (AvgIpc) is 3.20. The highest BCUT2D eigenvalue weighted by Crippen LogP contribution is 2.40. The summed E-state index contributed by atoms with van der Waals surface area (Å²) in [4.78, 5) is 23.7. The summed E-state index contributed by atoms with van der Waals surface area (Å²) in [6.45, 7) is 7.54. The first-order chi connectivity index (χ1) is 19.1. The van der Waals surface area contributed by atoms with Gasteiger partial charge in [-0.2, -0.15) is 13.2 Å². The zero-order valence-corrected chi connectivity index (χ0v) is 22.4. The second-order valence-electron chi connectivity index (χ2n) is 9.53. The van der Waals surface area contributed by atoms with Gasteiger partial charge in [0.05, 0.1) is 29.7 Å². The van der Waals surface area contributed by atoms with Crippen molar-refractivity contribution in [3.8, 4) is 34.0 Å². The van der Waals surface area contributed by atoms with E-state index in [9.17, 15) is 18.0 Å². The maximum absolute atomic E-state index is 14.3. The molecular formula is C29H29F3N6O2. The number of aliphatic imine (C=N–C) groups is 1. The van der Waals surface area contributed by atoms with E-state index >= 15 is 0 Å². The number of pyridine rings is 1. The van der Waals surface area contributed by atoms with Gasteiger partial charge in [0.15, 0.2) is 0 Å². The number of hydrogen-bond donors (Lipinski definition) is 1. The van der Waals surface area contributed by atoms with Gasteiger partial charge in [-0.05, 0) is 55.6 Å². The second kappa shape index (κ2) is 10.6. The lowest BCUT2D eigenvalue weighted by molar-refractivity contribution is -0.137. The summed E-state index contributed by atoms with van der Waals surface area (Å²) in [5.41, 5.74) is 2.57. The minimum Gasteiger partial charge on any atom is -0.481 e. The van der Waals surface area contributed by atoms with E-state index in [4.69, 9.17) is 4.74 Å². The van der Waals surface area contributed by atoms with E-state index < -0.39 is 17.4 Å². The first-order valence-electron chi connectivity index (χ1n) is 12.7. The first-order valence-corrected chi connectivity index (χ1v) is 12.7. The molecule has 2 aromatic carbocycles. The summed E-state index contributed by atoms with van der Waals surface area (Å²) < 4.78 is 50.9. The summed E-state index contributed by atoms with van der Waals surface area (Å²) in [6, 6.07) is 13.1. The lowest BCUT2D eigenvalue weighted by atomic mass is 10.00. The van der Waals surface area contributed by atoms with Crippen LogP contribution in [0, 0.1) is 6.92 Å². The molecule has 0 unspecified atom stereocenters. The Morgan fingerprint density at radius 3 is 2.40 bits per heavy atom. The van der Waals surface area contributed by atoms with Gasteiger partial charge in [0.1, 0.15) is 0 Å². The lowest BCUT2D eigenvalue weighted by Crippen LogP contribution is -2.44. The van der Waals surface area contributed by atoms with Crippen LogP contribution in [0.5, 0.6) is 5.88 Å². The highest BCUT2D eigenvalue weighted by molar-refractivity contribution is 5.83.